The molecule has 2 heterocycles. The Morgan fingerprint density at radius 2 is 1.54 bits per heavy atom. The van der Waals surface area contributed by atoms with Crippen LogP contribution >= 0.6 is 0 Å². The summed E-state index contributed by atoms with van der Waals surface area (Å²) >= 11 is 0. The number of piperazine rings is 1. The molecular weight excluding hydrogens is 434 g/mol. The molecule has 1 aromatic heterocycles. The van der Waals surface area contributed by atoms with Crippen molar-refractivity contribution in [1.82, 2.24) is 15.2 Å². The van der Waals surface area contributed by atoms with Gasteiger partial charge in [0.2, 0.25) is 5.91 Å². The van der Waals surface area contributed by atoms with Crippen molar-refractivity contribution >= 4 is 28.2 Å². The molecule has 1 unspecified atom stereocenters. The van der Waals surface area contributed by atoms with Gasteiger partial charge in [-0.05, 0) is 42.3 Å². The SMILES string of the molecule is O=C(CN1CCN(c2ccccc2)CC1)NC(CNc1ccccc1)Cc1c[nH]c2ccccc12. The number of aromatic nitrogens is 1. The van der Waals surface area contributed by atoms with Gasteiger partial charge in [0, 0.05) is 61.2 Å². The van der Waals surface area contributed by atoms with Gasteiger partial charge in [-0.15, -0.1) is 0 Å². The number of carbonyl (C=O) groups is 1. The van der Waals surface area contributed by atoms with Gasteiger partial charge in [-0.25, -0.2) is 0 Å². The van der Waals surface area contributed by atoms with Crippen LogP contribution in [0.2, 0.25) is 0 Å². The zero-order chi connectivity index (χ0) is 23.9. The Kier molecular flexibility index (Phi) is 7.29. The average molecular weight is 468 g/mol. The van der Waals surface area contributed by atoms with Crippen LogP contribution in [0.1, 0.15) is 5.56 Å². The molecule has 0 saturated carbocycles. The lowest BCUT2D eigenvalue weighted by molar-refractivity contribution is -0.122. The highest BCUT2D eigenvalue weighted by Crippen LogP contribution is 2.20. The van der Waals surface area contributed by atoms with Gasteiger partial charge >= 0.3 is 0 Å². The topological polar surface area (TPSA) is 63.4 Å². The molecule has 1 fully saturated rings. The van der Waals surface area contributed by atoms with Crippen molar-refractivity contribution in [2.75, 3.05) is 49.5 Å². The first-order chi connectivity index (χ1) is 17.2. The quantitative estimate of drug-likeness (QED) is 0.346. The van der Waals surface area contributed by atoms with Crippen LogP contribution < -0.4 is 15.5 Å². The van der Waals surface area contributed by atoms with E-state index < -0.39 is 0 Å². The van der Waals surface area contributed by atoms with E-state index in [2.05, 4.69) is 86.2 Å². The molecule has 1 saturated heterocycles. The standard InChI is InChI=1S/C29H33N5O/c35-29(22-33-15-17-34(18-16-33)26-11-5-2-6-12-26)32-25(21-30-24-9-3-1-4-10-24)19-23-20-31-28-14-8-7-13-27(23)28/h1-14,20,25,30-31H,15-19,21-22H2,(H,32,35). The minimum Gasteiger partial charge on any atom is -0.383 e. The van der Waals surface area contributed by atoms with Crippen molar-refractivity contribution in [2.24, 2.45) is 0 Å². The van der Waals surface area contributed by atoms with Crippen LogP contribution in [0, 0.1) is 0 Å². The van der Waals surface area contributed by atoms with Crippen LogP contribution in [0.15, 0.2) is 91.1 Å². The van der Waals surface area contributed by atoms with Gasteiger partial charge in [-0.1, -0.05) is 54.6 Å². The van der Waals surface area contributed by atoms with Crippen LogP contribution in [-0.4, -0.2) is 61.1 Å². The molecule has 0 spiro atoms. The lowest BCUT2D eigenvalue weighted by Crippen LogP contribution is -2.51. The van der Waals surface area contributed by atoms with E-state index in [0.29, 0.717) is 13.1 Å². The second-order valence-corrected chi connectivity index (χ2v) is 9.17. The molecule has 180 valence electrons. The second kappa shape index (κ2) is 11.1. The highest BCUT2D eigenvalue weighted by atomic mass is 16.2. The molecule has 5 rings (SSSR count). The molecule has 0 bridgehead atoms. The molecule has 1 aliphatic rings. The molecule has 1 aliphatic heterocycles. The predicted octanol–water partition coefficient (Wildman–Crippen LogP) is 4.13. The normalized spacial score (nSPS) is 15.1. The number of carbonyl (C=O) groups excluding carboxylic acids is 1. The van der Waals surface area contributed by atoms with Gasteiger partial charge in [0.05, 0.1) is 12.6 Å². The van der Waals surface area contributed by atoms with Crippen molar-refractivity contribution in [3.8, 4) is 0 Å². The fourth-order valence-electron chi connectivity index (χ4n) is 4.82. The van der Waals surface area contributed by atoms with Gasteiger partial charge in [0.15, 0.2) is 0 Å². The summed E-state index contributed by atoms with van der Waals surface area (Å²) in [4.78, 5) is 21.1. The second-order valence-electron chi connectivity index (χ2n) is 9.17. The smallest absolute Gasteiger partial charge is 0.234 e. The lowest BCUT2D eigenvalue weighted by atomic mass is 10.0. The van der Waals surface area contributed by atoms with Crippen LogP contribution in [-0.2, 0) is 11.2 Å². The molecule has 3 aromatic carbocycles. The number of aromatic amines is 1. The number of nitrogens with one attached hydrogen (secondary N) is 3. The van der Waals surface area contributed by atoms with Gasteiger partial charge in [-0.3, -0.25) is 9.69 Å². The van der Waals surface area contributed by atoms with Crippen molar-refractivity contribution in [3.63, 3.8) is 0 Å². The molecule has 1 amide bonds. The van der Waals surface area contributed by atoms with Crippen LogP contribution in [0.25, 0.3) is 10.9 Å². The van der Waals surface area contributed by atoms with E-state index in [1.807, 2.05) is 30.3 Å². The zero-order valence-corrected chi connectivity index (χ0v) is 20.0. The van der Waals surface area contributed by atoms with Gasteiger partial charge < -0.3 is 20.5 Å². The van der Waals surface area contributed by atoms with Crippen molar-refractivity contribution in [3.05, 3.63) is 96.7 Å². The summed E-state index contributed by atoms with van der Waals surface area (Å²) in [5.74, 6) is 0.0814. The summed E-state index contributed by atoms with van der Waals surface area (Å²) in [6.45, 7) is 4.74. The Labute approximate surface area is 206 Å². The van der Waals surface area contributed by atoms with E-state index in [1.54, 1.807) is 0 Å². The Morgan fingerprint density at radius 1 is 0.857 bits per heavy atom. The van der Waals surface area contributed by atoms with Crippen LogP contribution in [0.5, 0.6) is 0 Å². The number of rotatable bonds is 9. The van der Waals surface area contributed by atoms with E-state index in [1.165, 1.54) is 16.6 Å². The number of hydrogen-bond donors (Lipinski definition) is 3. The Morgan fingerprint density at radius 3 is 2.31 bits per heavy atom. The van der Waals surface area contributed by atoms with E-state index in [9.17, 15) is 4.79 Å². The number of amides is 1. The average Bonchev–Trinajstić information content (AvgIpc) is 3.31. The Balaban J connectivity index is 1.19. The number of H-pyrrole nitrogens is 1. The molecule has 4 aromatic rings. The molecule has 6 nitrogen and oxygen atoms in total. The van der Waals surface area contributed by atoms with E-state index in [-0.39, 0.29) is 11.9 Å². The van der Waals surface area contributed by atoms with Crippen molar-refractivity contribution in [1.29, 1.82) is 0 Å². The highest BCUT2D eigenvalue weighted by molar-refractivity contribution is 5.83. The largest absolute Gasteiger partial charge is 0.383 e. The Hall–Kier alpha value is -3.77. The zero-order valence-electron chi connectivity index (χ0n) is 20.0. The molecule has 1 atom stereocenters. The summed E-state index contributed by atoms with van der Waals surface area (Å²) in [5, 5.41) is 8.01. The minimum absolute atomic E-state index is 0.0208. The summed E-state index contributed by atoms with van der Waals surface area (Å²) in [5.41, 5.74) is 4.65. The van der Waals surface area contributed by atoms with Gasteiger partial charge in [-0.2, -0.15) is 0 Å². The number of nitrogens with zero attached hydrogens (tertiary/aromatic N) is 2. The van der Waals surface area contributed by atoms with E-state index in [0.717, 1.165) is 43.8 Å². The predicted molar refractivity (Wildman–Crippen MR) is 144 cm³/mol. The number of hydrogen-bond acceptors (Lipinski definition) is 4. The third kappa shape index (κ3) is 6.03. The molecule has 3 N–H and O–H groups in total. The van der Waals surface area contributed by atoms with Gasteiger partial charge in [0.25, 0.3) is 0 Å². The third-order valence-electron chi connectivity index (χ3n) is 6.69. The van der Waals surface area contributed by atoms with Crippen LogP contribution in [0.3, 0.4) is 0 Å². The summed E-state index contributed by atoms with van der Waals surface area (Å²) in [6.07, 6.45) is 2.83. The molecule has 0 radical (unpaired) electrons. The Bertz CT molecular complexity index is 1220. The van der Waals surface area contributed by atoms with E-state index in [4.69, 9.17) is 0 Å². The first kappa shape index (κ1) is 23.0. The first-order valence-corrected chi connectivity index (χ1v) is 12.4. The summed E-state index contributed by atoms with van der Waals surface area (Å²) in [7, 11) is 0. The molecule has 35 heavy (non-hydrogen) atoms. The maximum atomic E-state index is 13.1. The maximum Gasteiger partial charge on any atom is 0.234 e. The fraction of sp³-hybridized carbons (Fsp3) is 0.276. The first-order valence-electron chi connectivity index (χ1n) is 12.4. The van der Waals surface area contributed by atoms with E-state index >= 15 is 0 Å². The number of para-hydroxylation sites is 3. The monoisotopic (exact) mass is 467 g/mol. The van der Waals surface area contributed by atoms with Crippen molar-refractivity contribution in [2.45, 2.75) is 12.5 Å². The number of anilines is 2. The minimum atomic E-state index is -0.0208. The summed E-state index contributed by atoms with van der Waals surface area (Å²) < 4.78 is 0. The molecule has 6 heteroatoms. The summed E-state index contributed by atoms with van der Waals surface area (Å²) in [6, 6.07) is 28.9. The third-order valence-corrected chi connectivity index (χ3v) is 6.69. The van der Waals surface area contributed by atoms with Crippen LogP contribution in [0.4, 0.5) is 11.4 Å². The highest BCUT2D eigenvalue weighted by Gasteiger charge is 2.21. The number of fused-ring (bicyclic) bond motifs is 1. The van der Waals surface area contributed by atoms with Crippen molar-refractivity contribution < 1.29 is 4.79 Å². The van der Waals surface area contributed by atoms with Gasteiger partial charge in [0.1, 0.15) is 0 Å². The molecular formula is C29H33N5O. The lowest BCUT2D eigenvalue weighted by Gasteiger charge is -2.36. The number of benzene rings is 3. The maximum absolute atomic E-state index is 13.1. The fourth-order valence-corrected chi connectivity index (χ4v) is 4.82. The molecule has 0 aliphatic carbocycles.